The van der Waals surface area contributed by atoms with E-state index in [1.54, 1.807) is 17.0 Å². The van der Waals surface area contributed by atoms with E-state index in [9.17, 15) is 18.0 Å². The Morgan fingerprint density at radius 1 is 1.10 bits per heavy atom. The van der Waals surface area contributed by atoms with Gasteiger partial charge in [-0.25, -0.2) is 8.42 Å². The van der Waals surface area contributed by atoms with Crippen LogP contribution in [0.15, 0.2) is 47.4 Å². The number of amides is 2. The number of anilines is 1. The number of carbonyl (C=O) groups is 2. The molecule has 1 saturated heterocycles. The monoisotopic (exact) mass is 435 g/mol. The summed E-state index contributed by atoms with van der Waals surface area (Å²) in [5.41, 5.74) is 6.81. The first-order valence-corrected chi connectivity index (χ1v) is 11.0. The molecule has 0 radical (unpaired) electrons. The van der Waals surface area contributed by atoms with Crippen LogP contribution in [0.5, 0.6) is 0 Å². The van der Waals surface area contributed by atoms with Crippen LogP contribution >= 0.6 is 11.6 Å². The van der Waals surface area contributed by atoms with Crippen molar-refractivity contribution < 1.29 is 18.0 Å². The van der Waals surface area contributed by atoms with Crippen molar-refractivity contribution in [2.75, 3.05) is 17.8 Å². The number of halogens is 1. The van der Waals surface area contributed by atoms with Crippen LogP contribution in [-0.4, -0.2) is 38.2 Å². The fourth-order valence-corrected chi connectivity index (χ4v) is 4.57. The summed E-state index contributed by atoms with van der Waals surface area (Å²) >= 11 is 6.24. The van der Waals surface area contributed by atoms with Crippen LogP contribution in [0.1, 0.15) is 28.8 Å². The van der Waals surface area contributed by atoms with Gasteiger partial charge < -0.3 is 10.6 Å². The van der Waals surface area contributed by atoms with E-state index in [1.807, 2.05) is 6.92 Å². The Labute approximate surface area is 174 Å². The Morgan fingerprint density at radius 2 is 1.72 bits per heavy atom. The molecule has 2 amide bonds. The maximum Gasteiger partial charge on any atom is 0.261 e. The molecule has 1 aliphatic rings. The molecule has 0 unspecified atom stereocenters. The highest BCUT2D eigenvalue weighted by atomic mass is 35.5. The molecule has 0 aromatic heterocycles. The molecule has 2 aromatic carbocycles. The van der Waals surface area contributed by atoms with Crippen LogP contribution in [0.2, 0.25) is 5.02 Å². The predicted molar refractivity (Wildman–Crippen MR) is 111 cm³/mol. The number of piperidine rings is 1. The third-order valence-electron chi connectivity index (χ3n) is 4.98. The van der Waals surface area contributed by atoms with E-state index in [0.29, 0.717) is 31.5 Å². The van der Waals surface area contributed by atoms with Crippen molar-refractivity contribution >= 4 is 39.1 Å². The number of hydrogen-bond acceptors (Lipinski definition) is 4. The average molecular weight is 436 g/mol. The van der Waals surface area contributed by atoms with Crippen LogP contribution in [0, 0.1) is 12.8 Å². The summed E-state index contributed by atoms with van der Waals surface area (Å²) < 4.78 is 27.5. The smallest absolute Gasteiger partial charge is 0.261 e. The molecule has 3 N–H and O–H groups in total. The number of sulfonamides is 1. The predicted octanol–water partition coefficient (Wildman–Crippen LogP) is 2.79. The average Bonchev–Trinajstić information content (AvgIpc) is 2.69. The Morgan fingerprint density at radius 3 is 2.28 bits per heavy atom. The number of primary amides is 1. The molecule has 1 fully saturated rings. The van der Waals surface area contributed by atoms with Crippen LogP contribution in [-0.2, 0) is 14.8 Å². The summed E-state index contributed by atoms with van der Waals surface area (Å²) in [6, 6.07) is 10.9. The first-order valence-electron chi connectivity index (χ1n) is 9.15. The van der Waals surface area contributed by atoms with Crippen LogP contribution in [0.4, 0.5) is 5.69 Å². The van der Waals surface area contributed by atoms with Gasteiger partial charge in [0.1, 0.15) is 0 Å². The Hall–Kier alpha value is -2.58. The van der Waals surface area contributed by atoms with Gasteiger partial charge in [-0.05, 0) is 50.1 Å². The van der Waals surface area contributed by atoms with Crippen LogP contribution in [0.25, 0.3) is 0 Å². The lowest BCUT2D eigenvalue weighted by Crippen LogP contribution is -2.41. The van der Waals surface area contributed by atoms with Gasteiger partial charge in [0.05, 0.1) is 15.6 Å². The van der Waals surface area contributed by atoms with Gasteiger partial charge in [0, 0.05) is 24.6 Å². The highest BCUT2D eigenvalue weighted by Gasteiger charge is 2.27. The number of likely N-dealkylation sites (tertiary alicyclic amines) is 1. The topological polar surface area (TPSA) is 110 Å². The number of benzene rings is 2. The number of hydrogen-bond donors (Lipinski definition) is 2. The largest absolute Gasteiger partial charge is 0.369 e. The van der Waals surface area contributed by atoms with E-state index < -0.39 is 10.0 Å². The third-order valence-corrected chi connectivity index (χ3v) is 6.67. The van der Waals surface area contributed by atoms with Crippen molar-refractivity contribution in [1.82, 2.24) is 4.90 Å². The number of nitrogens with one attached hydrogen (secondary N) is 1. The summed E-state index contributed by atoms with van der Waals surface area (Å²) in [5, 5.41) is 0.124. The number of aryl methyl sites for hydroxylation is 1. The van der Waals surface area contributed by atoms with Crippen LogP contribution in [0.3, 0.4) is 0 Å². The molecule has 1 heterocycles. The summed E-state index contributed by atoms with van der Waals surface area (Å²) in [6.45, 7) is 2.74. The second-order valence-corrected chi connectivity index (χ2v) is 9.17. The van der Waals surface area contributed by atoms with Crippen molar-refractivity contribution in [1.29, 1.82) is 0 Å². The van der Waals surface area contributed by atoms with Gasteiger partial charge in [-0.3, -0.25) is 14.3 Å². The molecule has 9 heteroatoms. The van der Waals surface area contributed by atoms with E-state index in [-0.39, 0.29) is 33.3 Å². The van der Waals surface area contributed by atoms with E-state index in [4.69, 9.17) is 17.3 Å². The molecule has 7 nitrogen and oxygen atoms in total. The van der Waals surface area contributed by atoms with E-state index in [0.717, 1.165) is 5.56 Å². The molecule has 0 spiro atoms. The van der Waals surface area contributed by atoms with E-state index in [2.05, 4.69) is 4.72 Å². The van der Waals surface area contributed by atoms with Gasteiger partial charge in [-0.2, -0.15) is 0 Å². The molecule has 0 aliphatic carbocycles. The molecule has 29 heavy (non-hydrogen) atoms. The SMILES string of the molecule is Cc1ccc(S(=O)(=O)Nc2ccc(C(=O)N3CCC(C(N)=O)CC3)cc2Cl)cc1. The molecule has 154 valence electrons. The molecule has 0 saturated carbocycles. The maximum atomic E-state index is 12.7. The lowest BCUT2D eigenvalue weighted by Gasteiger charge is -2.30. The minimum absolute atomic E-state index is 0.122. The zero-order chi connectivity index (χ0) is 21.2. The maximum absolute atomic E-state index is 12.7. The summed E-state index contributed by atoms with van der Waals surface area (Å²) in [7, 11) is -3.79. The van der Waals surface area contributed by atoms with Crippen molar-refractivity contribution in [3.05, 3.63) is 58.6 Å². The van der Waals surface area contributed by atoms with Crippen molar-refractivity contribution in [3.8, 4) is 0 Å². The normalized spacial score (nSPS) is 15.2. The standard InChI is InChI=1S/C20H22ClN3O4S/c1-13-2-5-16(6-3-13)29(27,28)23-18-7-4-15(12-17(18)21)20(26)24-10-8-14(9-11-24)19(22)25/h2-7,12,14,23H,8-11H2,1H3,(H2,22,25). The van der Waals surface area contributed by atoms with Gasteiger partial charge in [-0.15, -0.1) is 0 Å². The van der Waals surface area contributed by atoms with E-state index >= 15 is 0 Å². The van der Waals surface area contributed by atoms with Crippen molar-refractivity contribution in [3.63, 3.8) is 0 Å². The molecule has 0 atom stereocenters. The van der Waals surface area contributed by atoms with E-state index in [1.165, 1.54) is 30.3 Å². The van der Waals surface area contributed by atoms with Crippen molar-refractivity contribution in [2.24, 2.45) is 11.7 Å². The Balaban J connectivity index is 1.72. The van der Waals surface area contributed by atoms with Gasteiger partial charge in [-0.1, -0.05) is 29.3 Å². The van der Waals surface area contributed by atoms with Crippen LogP contribution < -0.4 is 10.5 Å². The summed E-state index contributed by atoms with van der Waals surface area (Å²) in [4.78, 5) is 25.7. The van der Waals surface area contributed by atoms with Gasteiger partial charge in [0.25, 0.3) is 15.9 Å². The first kappa shape index (κ1) is 21.1. The fourth-order valence-electron chi connectivity index (χ4n) is 3.20. The quantitative estimate of drug-likeness (QED) is 0.752. The highest BCUT2D eigenvalue weighted by Crippen LogP contribution is 2.27. The molecular weight excluding hydrogens is 414 g/mol. The molecule has 1 aliphatic heterocycles. The number of nitrogens with two attached hydrogens (primary N) is 1. The Kier molecular flexibility index (Phi) is 6.14. The zero-order valence-electron chi connectivity index (χ0n) is 15.9. The molecule has 3 rings (SSSR count). The fraction of sp³-hybridized carbons (Fsp3) is 0.300. The molecular formula is C20H22ClN3O4S. The lowest BCUT2D eigenvalue weighted by atomic mass is 9.96. The molecule has 2 aromatic rings. The summed E-state index contributed by atoms with van der Waals surface area (Å²) in [5.74, 6) is -0.769. The third kappa shape index (κ3) is 4.89. The second kappa shape index (κ2) is 8.42. The molecule has 0 bridgehead atoms. The van der Waals surface area contributed by atoms with Gasteiger partial charge in [0.15, 0.2) is 0 Å². The second-order valence-electron chi connectivity index (χ2n) is 7.08. The van der Waals surface area contributed by atoms with Crippen molar-refractivity contribution in [2.45, 2.75) is 24.7 Å². The summed E-state index contributed by atoms with van der Waals surface area (Å²) in [6.07, 6.45) is 1.06. The first-order chi connectivity index (χ1) is 13.7. The number of rotatable bonds is 5. The Bertz CT molecular complexity index is 1030. The highest BCUT2D eigenvalue weighted by molar-refractivity contribution is 7.92. The number of nitrogens with zero attached hydrogens (tertiary/aromatic N) is 1. The van der Waals surface area contributed by atoms with Gasteiger partial charge >= 0.3 is 0 Å². The van der Waals surface area contributed by atoms with Gasteiger partial charge in [0.2, 0.25) is 5.91 Å². The minimum Gasteiger partial charge on any atom is -0.369 e. The number of carbonyl (C=O) groups excluding carboxylic acids is 2. The zero-order valence-corrected chi connectivity index (χ0v) is 17.5. The minimum atomic E-state index is -3.79. The lowest BCUT2D eigenvalue weighted by molar-refractivity contribution is -0.123.